The number of nitrogens with one attached hydrogen (secondary N) is 1. The maximum absolute atomic E-state index is 14.1. The molecule has 38 heavy (non-hydrogen) atoms. The molecule has 13 heteroatoms. The second-order valence-corrected chi connectivity index (χ2v) is 8.59. The van der Waals surface area contributed by atoms with Gasteiger partial charge >= 0.3 is 0 Å². The van der Waals surface area contributed by atoms with Gasteiger partial charge in [-0.2, -0.15) is 4.37 Å². The van der Waals surface area contributed by atoms with Crippen LogP contribution in [0.4, 0.5) is 11.4 Å². The van der Waals surface area contributed by atoms with Gasteiger partial charge in [0.05, 0.1) is 33.6 Å². The van der Waals surface area contributed by atoms with Crippen molar-refractivity contribution in [3.63, 3.8) is 0 Å². The van der Waals surface area contributed by atoms with Crippen LogP contribution in [-0.4, -0.2) is 63.7 Å². The standard InChI is InChI=1S/C25H29N5O7S/c1-34-12-11-28-24(32)21(14-5-8-16(35-2)9-6-14)30(15-7-10-17(36-3)18(13-15)37-4)25(33)22-19(26)20(23(27)31)29-38-22/h5-10,13,21H,11-12,26H2,1-4H3,(H2,27,31)(H,28,32)/t21-/m1/s1. The highest BCUT2D eigenvalue weighted by molar-refractivity contribution is 7.09. The van der Waals surface area contributed by atoms with E-state index in [1.165, 1.54) is 33.3 Å². The molecule has 0 bridgehead atoms. The van der Waals surface area contributed by atoms with Crippen molar-refractivity contribution in [1.82, 2.24) is 9.69 Å². The van der Waals surface area contributed by atoms with Crippen LogP contribution in [0.25, 0.3) is 0 Å². The van der Waals surface area contributed by atoms with Gasteiger partial charge in [0, 0.05) is 25.4 Å². The summed E-state index contributed by atoms with van der Waals surface area (Å²) in [7, 11) is 5.96. The molecular weight excluding hydrogens is 514 g/mol. The molecule has 0 saturated heterocycles. The molecule has 0 saturated carbocycles. The fraction of sp³-hybridized carbons (Fsp3) is 0.280. The Kier molecular flexibility index (Phi) is 9.46. The third-order valence-electron chi connectivity index (χ3n) is 5.56. The molecule has 0 aliphatic carbocycles. The lowest BCUT2D eigenvalue weighted by molar-refractivity contribution is -0.122. The summed E-state index contributed by atoms with van der Waals surface area (Å²) in [6.07, 6.45) is 0. The normalized spacial score (nSPS) is 11.4. The highest BCUT2D eigenvalue weighted by Crippen LogP contribution is 2.38. The van der Waals surface area contributed by atoms with E-state index in [-0.39, 0.29) is 29.4 Å². The molecule has 3 amide bonds. The minimum atomic E-state index is -1.18. The van der Waals surface area contributed by atoms with Crippen LogP contribution in [-0.2, 0) is 9.53 Å². The number of anilines is 2. The lowest BCUT2D eigenvalue weighted by Crippen LogP contribution is -2.44. The first-order valence-electron chi connectivity index (χ1n) is 11.3. The summed E-state index contributed by atoms with van der Waals surface area (Å²) in [5, 5.41) is 2.79. The number of nitrogens with two attached hydrogens (primary N) is 2. The Morgan fingerprint density at radius 2 is 1.68 bits per heavy atom. The van der Waals surface area contributed by atoms with E-state index in [0.29, 0.717) is 40.0 Å². The molecule has 12 nitrogen and oxygen atoms in total. The number of hydrogen-bond acceptors (Lipinski definition) is 10. The van der Waals surface area contributed by atoms with Crippen LogP contribution in [0.3, 0.4) is 0 Å². The number of ether oxygens (including phenoxy) is 4. The summed E-state index contributed by atoms with van der Waals surface area (Å²) in [5.41, 5.74) is 11.8. The van der Waals surface area contributed by atoms with Gasteiger partial charge in [0.25, 0.3) is 11.8 Å². The first-order valence-corrected chi connectivity index (χ1v) is 12.1. The molecule has 0 aliphatic heterocycles. The molecule has 1 aromatic heterocycles. The van der Waals surface area contributed by atoms with Gasteiger partial charge in [-0.3, -0.25) is 19.3 Å². The van der Waals surface area contributed by atoms with Gasteiger partial charge in [-0.15, -0.1) is 0 Å². The van der Waals surface area contributed by atoms with Gasteiger partial charge in [0.15, 0.2) is 17.2 Å². The topological polar surface area (TPSA) is 168 Å². The maximum Gasteiger partial charge on any atom is 0.273 e. The Balaban J connectivity index is 2.23. The zero-order valence-corrected chi connectivity index (χ0v) is 22.2. The summed E-state index contributed by atoms with van der Waals surface area (Å²) >= 11 is 0.710. The Hall–Kier alpha value is -4.36. The fourth-order valence-corrected chi connectivity index (χ4v) is 4.42. The first kappa shape index (κ1) is 28.2. The van der Waals surface area contributed by atoms with Crippen LogP contribution in [0.15, 0.2) is 42.5 Å². The van der Waals surface area contributed by atoms with Gasteiger partial charge in [0.1, 0.15) is 16.7 Å². The molecule has 1 heterocycles. The van der Waals surface area contributed by atoms with Crippen LogP contribution in [0.2, 0.25) is 0 Å². The van der Waals surface area contributed by atoms with Crippen LogP contribution < -0.4 is 35.9 Å². The van der Waals surface area contributed by atoms with E-state index in [9.17, 15) is 14.4 Å². The molecule has 0 aliphatic rings. The Labute approximate surface area is 223 Å². The van der Waals surface area contributed by atoms with E-state index in [4.69, 9.17) is 30.4 Å². The van der Waals surface area contributed by atoms with Crippen LogP contribution in [0.1, 0.15) is 31.8 Å². The number of nitrogens with zero attached hydrogens (tertiary/aromatic N) is 2. The summed E-state index contributed by atoms with van der Waals surface area (Å²) in [6.45, 7) is 0.458. The van der Waals surface area contributed by atoms with E-state index in [1.54, 1.807) is 42.5 Å². The van der Waals surface area contributed by atoms with E-state index in [1.807, 2.05) is 0 Å². The Morgan fingerprint density at radius 1 is 1.00 bits per heavy atom. The van der Waals surface area contributed by atoms with Gasteiger partial charge in [0.2, 0.25) is 5.91 Å². The van der Waals surface area contributed by atoms with Crippen molar-refractivity contribution in [3.8, 4) is 17.2 Å². The monoisotopic (exact) mass is 543 g/mol. The largest absolute Gasteiger partial charge is 0.497 e. The zero-order valence-electron chi connectivity index (χ0n) is 21.3. The van der Waals surface area contributed by atoms with Crippen molar-refractivity contribution < 1.29 is 33.3 Å². The number of methoxy groups -OCH3 is 4. The quantitative estimate of drug-likeness (QED) is 0.289. The molecule has 202 valence electrons. The van der Waals surface area contributed by atoms with Crippen molar-refractivity contribution >= 4 is 40.6 Å². The number of benzene rings is 2. The molecule has 0 fully saturated rings. The molecule has 5 N–H and O–H groups in total. The number of aromatic nitrogens is 1. The Morgan fingerprint density at radius 3 is 2.24 bits per heavy atom. The minimum absolute atomic E-state index is 0.0585. The average Bonchev–Trinajstić information content (AvgIpc) is 3.32. The predicted molar refractivity (Wildman–Crippen MR) is 142 cm³/mol. The minimum Gasteiger partial charge on any atom is -0.497 e. The van der Waals surface area contributed by atoms with Gasteiger partial charge in [-0.25, -0.2) is 0 Å². The van der Waals surface area contributed by atoms with Crippen molar-refractivity contribution in [3.05, 3.63) is 58.6 Å². The number of amides is 3. The van der Waals surface area contributed by atoms with E-state index < -0.39 is 23.8 Å². The van der Waals surface area contributed by atoms with E-state index in [0.717, 1.165) is 0 Å². The average molecular weight is 544 g/mol. The van der Waals surface area contributed by atoms with Crippen molar-refractivity contribution in [2.24, 2.45) is 5.73 Å². The maximum atomic E-state index is 14.1. The van der Waals surface area contributed by atoms with E-state index >= 15 is 0 Å². The second-order valence-electron chi connectivity index (χ2n) is 7.81. The van der Waals surface area contributed by atoms with Crippen molar-refractivity contribution in [2.45, 2.75) is 6.04 Å². The highest BCUT2D eigenvalue weighted by Gasteiger charge is 2.36. The summed E-state index contributed by atoms with van der Waals surface area (Å²) in [5.74, 6) is -0.738. The Bertz CT molecular complexity index is 1300. The lowest BCUT2D eigenvalue weighted by atomic mass is 10.0. The molecule has 3 rings (SSSR count). The fourth-order valence-electron chi connectivity index (χ4n) is 3.67. The summed E-state index contributed by atoms with van der Waals surface area (Å²) in [4.78, 5) is 40.7. The van der Waals surface area contributed by atoms with Crippen molar-refractivity contribution in [1.29, 1.82) is 0 Å². The second kappa shape index (κ2) is 12.7. The SMILES string of the molecule is COCCNC(=O)[C@@H](c1ccc(OC)cc1)N(C(=O)c1snc(C(N)=O)c1N)c1ccc(OC)c(OC)c1. The summed E-state index contributed by atoms with van der Waals surface area (Å²) in [6, 6.07) is 10.3. The smallest absolute Gasteiger partial charge is 0.273 e. The number of nitrogen functional groups attached to an aromatic ring is 1. The van der Waals surface area contributed by atoms with Gasteiger partial charge in [-0.1, -0.05) is 12.1 Å². The molecule has 0 unspecified atom stereocenters. The van der Waals surface area contributed by atoms with Gasteiger partial charge in [-0.05, 0) is 41.4 Å². The summed E-state index contributed by atoms with van der Waals surface area (Å²) < 4.78 is 25.0. The molecule has 0 spiro atoms. The predicted octanol–water partition coefficient (Wildman–Crippen LogP) is 2.00. The van der Waals surface area contributed by atoms with Crippen LogP contribution in [0.5, 0.6) is 17.2 Å². The van der Waals surface area contributed by atoms with Crippen LogP contribution in [0, 0.1) is 0 Å². The first-order chi connectivity index (χ1) is 18.3. The number of carbonyl (C=O) groups is 3. The van der Waals surface area contributed by atoms with E-state index in [2.05, 4.69) is 9.69 Å². The molecular formula is C25H29N5O7S. The number of carbonyl (C=O) groups excluding carboxylic acids is 3. The van der Waals surface area contributed by atoms with Crippen LogP contribution >= 0.6 is 11.5 Å². The molecule has 2 aromatic carbocycles. The number of rotatable bonds is 12. The molecule has 1 atom stereocenters. The zero-order chi connectivity index (χ0) is 27.8. The molecule has 3 aromatic rings. The number of primary amides is 1. The third-order valence-corrected chi connectivity index (χ3v) is 6.41. The lowest BCUT2D eigenvalue weighted by Gasteiger charge is -2.31. The highest BCUT2D eigenvalue weighted by atomic mass is 32.1. The van der Waals surface area contributed by atoms with Crippen molar-refractivity contribution in [2.75, 3.05) is 52.2 Å². The van der Waals surface area contributed by atoms with Gasteiger partial charge < -0.3 is 35.7 Å². The molecule has 0 radical (unpaired) electrons. The third kappa shape index (κ3) is 5.95. The number of hydrogen-bond donors (Lipinski definition) is 3.